The zero-order valence-corrected chi connectivity index (χ0v) is 15.1. The average Bonchev–Trinajstić information content (AvgIpc) is 3.09. The first-order chi connectivity index (χ1) is 11.9. The normalized spacial score (nSPS) is 23.1. The number of rotatable bonds is 4. The Morgan fingerprint density at radius 2 is 1.56 bits per heavy atom. The predicted molar refractivity (Wildman–Crippen MR) is 104 cm³/mol. The molecule has 1 saturated heterocycles. The fourth-order valence-corrected chi connectivity index (χ4v) is 3.73. The maximum atomic E-state index is 6.55. The van der Waals surface area contributed by atoms with Gasteiger partial charge in [-0.05, 0) is 31.8 Å². The summed E-state index contributed by atoms with van der Waals surface area (Å²) in [5, 5.41) is 7.03. The van der Waals surface area contributed by atoms with E-state index < -0.39 is 5.72 Å². The van der Waals surface area contributed by atoms with Crippen LogP contribution in [0.4, 0.5) is 0 Å². The van der Waals surface area contributed by atoms with Crippen molar-refractivity contribution in [1.29, 1.82) is 0 Å². The van der Waals surface area contributed by atoms with E-state index in [-0.39, 0.29) is 12.4 Å². The van der Waals surface area contributed by atoms with E-state index in [0.717, 1.165) is 30.8 Å². The van der Waals surface area contributed by atoms with Gasteiger partial charge in [0, 0.05) is 23.7 Å². The minimum absolute atomic E-state index is 0. The number of piperidine rings is 1. The van der Waals surface area contributed by atoms with Gasteiger partial charge < -0.3 is 15.4 Å². The number of nitrogens with one attached hydrogen (secondary N) is 2. The van der Waals surface area contributed by atoms with Crippen LogP contribution in [-0.2, 0) is 10.5 Å². The molecule has 3 nitrogen and oxygen atoms in total. The fourth-order valence-electron chi connectivity index (χ4n) is 3.73. The Bertz CT molecular complexity index is 698. The molecule has 0 saturated carbocycles. The van der Waals surface area contributed by atoms with Gasteiger partial charge in [0.15, 0.2) is 0 Å². The lowest BCUT2D eigenvalue weighted by molar-refractivity contribution is 0.00522. The third-order valence-electron chi connectivity index (χ3n) is 5.05. The van der Waals surface area contributed by atoms with E-state index in [1.54, 1.807) is 0 Å². The van der Waals surface area contributed by atoms with E-state index in [2.05, 4.69) is 65.2 Å². The quantitative estimate of drug-likeness (QED) is 0.858. The van der Waals surface area contributed by atoms with Crippen molar-refractivity contribution in [1.82, 2.24) is 10.6 Å². The Labute approximate surface area is 155 Å². The molecule has 0 aliphatic carbocycles. The van der Waals surface area contributed by atoms with E-state index in [1.165, 1.54) is 18.4 Å². The summed E-state index contributed by atoms with van der Waals surface area (Å²) in [4.78, 5) is 0. The molecule has 2 aliphatic rings. The first kappa shape index (κ1) is 17.8. The molecular weight excluding hydrogens is 332 g/mol. The number of hydrogen-bond donors (Lipinski definition) is 2. The number of benzene rings is 2. The Balaban J connectivity index is 0.00000182. The second kappa shape index (κ2) is 7.94. The number of hydrogen-bond acceptors (Lipinski definition) is 3. The predicted octanol–water partition coefficient (Wildman–Crippen LogP) is 4.27. The molecule has 0 spiro atoms. The molecule has 1 unspecified atom stereocenters. The largest absolute Gasteiger partial charge is 0.462 e. The molecule has 0 radical (unpaired) electrons. The van der Waals surface area contributed by atoms with Crippen molar-refractivity contribution in [2.45, 2.75) is 25.0 Å². The molecule has 1 fully saturated rings. The van der Waals surface area contributed by atoms with Gasteiger partial charge in [0.1, 0.15) is 5.76 Å². The van der Waals surface area contributed by atoms with Gasteiger partial charge in [0.05, 0.1) is 0 Å². The highest BCUT2D eigenvalue weighted by atomic mass is 35.5. The Kier molecular flexibility index (Phi) is 5.67. The highest BCUT2D eigenvalue weighted by Crippen LogP contribution is 2.40. The fraction of sp³-hybridized carbons (Fsp3) is 0.333. The van der Waals surface area contributed by atoms with Gasteiger partial charge in [-0.15, -0.1) is 12.4 Å². The lowest BCUT2D eigenvalue weighted by Gasteiger charge is -2.35. The van der Waals surface area contributed by atoms with E-state index in [9.17, 15) is 0 Å². The minimum atomic E-state index is -0.450. The van der Waals surface area contributed by atoms with Gasteiger partial charge >= 0.3 is 0 Å². The average molecular weight is 357 g/mol. The second-order valence-corrected chi connectivity index (χ2v) is 6.71. The molecule has 4 heteroatoms. The van der Waals surface area contributed by atoms with Gasteiger partial charge in [-0.3, -0.25) is 0 Å². The third kappa shape index (κ3) is 3.83. The zero-order chi connectivity index (χ0) is 16.2. The molecule has 0 bridgehead atoms. The highest BCUT2D eigenvalue weighted by Gasteiger charge is 2.40. The van der Waals surface area contributed by atoms with Crippen molar-refractivity contribution in [3.63, 3.8) is 0 Å². The Hall–Kier alpha value is -1.97. The maximum Gasteiger partial charge on any atom is 0.207 e. The summed E-state index contributed by atoms with van der Waals surface area (Å²) in [5.74, 6) is 1.59. The van der Waals surface area contributed by atoms with Crippen LogP contribution in [0, 0.1) is 5.92 Å². The Morgan fingerprint density at radius 1 is 0.920 bits per heavy atom. The van der Waals surface area contributed by atoms with Crippen LogP contribution in [0.25, 0.3) is 5.76 Å². The van der Waals surface area contributed by atoms with Crippen LogP contribution in [0.15, 0.2) is 66.9 Å². The molecule has 2 aliphatic heterocycles. The summed E-state index contributed by atoms with van der Waals surface area (Å²) in [6.45, 7) is 2.21. The monoisotopic (exact) mass is 356 g/mol. The van der Waals surface area contributed by atoms with E-state index in [0.29, 0.717) is 5.92 Å². The van der Waals surface area contributed by atoms with Crippen LogP contribution in [-0.4, -0.2) is 13.1 Å². The molecular formula is C21H25ClN2O. The van der Waals surface area contributed by atoms with Crippen molar-refractivity contribution >= 4 is 18.2 Å². The van der Waals surface area contributed by atoms with Crippen LogP contribution in [0.2, 0.25) is 0 Å². The van der Waals surface area contributed by atoms with E-state index in [4.69, 9.17) is 4.74 Å². The van der Waals surface area contributed by atoms with Crippen LogP contribution in [0.3, 0.4) is 0 Å². The van der Waals surface area contributed by atoms with Crippen molar-refractivity contribution in [2.24, 2.45) is 5.92 Å². The first-order valence-corrected chi connectivity index (χ1v) is 8.84. The molecule has 132 valence electrons. The molecule has 25 heavy (non-hydrogen) atoms. The SMILES string of the molecule is C1=C(c2ccccc2)OC(CC2CCNCC2)(c2ccccc2)N1.Cl. The topological polar surface area (TPSA) is 33.3 Å². The van der Waals surface area contributed by atoms with Gasteiger partial charge in [-0.1, -0.05) is 60.7 Å². The molecule has 1 atom stereocenters. The number of ether oxygens (including phenoxy) is 1. The summed E-state index contributed by atoms with van der Waals surface area (Å²) in [7, 11) is 0. The van der Waals surface area contributed by atoms with Crippen molar-refractivity contribution in [3.05, 3.63) is 78.0 Å². The molecule has 2 N–H and O–H groups in total. The van der Waals surface area contributed by atoms with Gasteiger partial charge in [-0.25, -0.2) is 0 Å². The molecule has 0 amide bonds. The molecule has 2 heterocycles. The highest BCUT2D eigenvalue weighted by molar-refractivity contribution is 5.85. The number of halogens is 1. The standard InChI is InChI=1S/C21H24N2O.ClH/c1-3-7-18(8-4-1)20-16-23-21(24-20,19-9-5-2-6-10-19)15-17-11-13-22-14-12-17;/h1-10,16-17,22-23H,11-15H2;1H. The first-order valence-electron chi connectivity index (χ1n) is 8.84. The minimum Gasteiger partial charge on any atom is -0.462 e. The van der Waals surface area contributed by atoms with Crippen molar-refractivity contribution in [3.8, 4) is 0 Å². The summed E-state index contributed by atoms with van der Waals surface area (Å²) < 4.78 is 6.55. The molecule has 4 rings (SSSR count). The lowest BCUT2D eigenvalue weighted by Crippen LogP contribution is -2.41. The van der Waals surface area contributed by atoms with Gasteiger partial charge in [0.25, 0.3) is 0 Å². The van der Waals surface area contributed by atoms with Crippen molar-refractivity contribution < 1.29 is 4.74 Å². The lowest BCUT2D eigenvalue weighted by atomic mass is 9.86. The smallest absolute Gasteiger partial charge is 0.207 e. The third-order valence-corrected chi connectivity index (χ3v) is 5.05. The van der Waals surface area contributed by atoms with E-state index in [1.807, 2.05) is 12.3 Å². The molecule has 2 aromatic carbocycles. The van der Waals surface area contributed by atoms with Crippen LogP contribution >= 0.6 is 12.4 Å². The van der Waals surface area contributed by atoms with Crippen LogP contribution < -0.4 is 10.6 Å². The van der Waals surface area contributed by atoms with Crippen LogP contribution in [0.1, 0.15) is 30.4 Å². The van der Waals surface area contributed by atoms with Crippen LogP contribution in [0.5, 0.6) is 0 Å². The van der Waals surface area contributed by atoms with Gasteiger partial charge in [-0.2, -0.15) is 0 Å². The zero-order valence-electron chi connectivity index (χ0n) is 14.3. The summed E-state index contributed by atoms with van der Waals surface area (Å²) >= 11 is 0. The summed E-state index contributed by atoms with van der Waals surface area (Å²) in [6.07, 6.45) is 5.44. The van der Waals surface area contributed by atoms with Gasteiger partial charge in [0.2, 0.25) is 5.72 Å². The van der Waals surface area contributed by atoms with Crippen molar-refractivity contribution in [2.75, 3.05) is 13.1 Å². The van der Waals surface area contributed by atoms with E-state index >= 15 is 0 Å². The Morgan fingerprint density at radius 3 is 2.24 bits per heavy atom. The molecule has 0 aromatic heterocycles. The second-order valence-electron chi connectivity index (χ2n) is 6.71. The summed E-state index contributed by atoms with van der Waals surface area (Å²) in [6, 6.07) is 20.9. The molecule has 2 aromatic rings. The maximum absolute atomic E-state index is 6.55. The summed E-state index contributed by atoms with van der Waals surface area (Å²) in [5.41, 5.74) is 1.87.